The van der Waals surface area contributed by atoms with Crippen molar-refractivity contribution in [2.45, 2.75) is 26.9 Å². The van der Waals surface area contributed by atoms with E-state index in [1.165, 1.54) is 0 Å². The number of guanidine groups is 1. The molecule has 0 saturated carbocycles. The Hall–Kier alpha value is -1.95. The highest BCUT2D eigenvalue weighted by molar-refractivity contribution is 5.79. The molecule has 130 valence electrons. The molecule has 0 saturated heterocycles. The van der Waals surface area contributed by atoms with Gasteiger partial charge in [-0.1, -0.05) is 19.1 Å². The quantitative estimate of drug-likeness (QED) is 0.476. The predicted molar refractivity (Wildman–Crippen MR) is 93.3 cm³/mol. The van der Waals surface area contributed by atoms with Crippen molar-refractivity contribution >= 4 is 5.96 Å². The van der Waals surface area contributed by atoms with Crippen molar-refractivity contribution in [3.8, 4) is 11.5 Å². The third-order valence-electron chi connectivity index (χ3n) is 3.17. The van der Waals surface area contributed by atoms with Crippen LogP contribution in [0.5, 0.6) is 11.5 Å². The average molecular weight is 323 g/mol. The largest absolute Gasteiger partial charge is 0.493 e. The number of rotatable bonds is 9. The summed E-state index contributed by atoms with van der Waals surface area (Å²) in [6, 6.07) is 7.58. The molecule has 0 heterocycles. The van der Waals surface area contributed by atoms with Gasteiger partial charge in [-0.3, -0.25) is 4.99 Å². The van der Waals surface area contributed by atoms with Crippen molar-refractivity contribution in [3.05, 3.63) is 24.3 Å². The Kier molecular flexibility index (Phi) is 8.90. The second-order valence-corrected chi connectivity index (χ2v) is 5.47. The number of hydrogen-bond acceptors (Lipinski definition) is 4. The molecule has 2 atom stereocenters. The number of para-hydroxylation sites is 2. The van der Waals surface area contributed by atoms with Gasteiger partial charge in [0.15, 0.2) is 17.5 Å². The van der Waals surface area contributed by atoms with Crippen LogP contribution in [-0.2, 0) is 0 Å². The molecular formula is C17H29N3O3. The van der Waals surface area contributed by atoms with Crippen molar-refractivity contribution in [2.24, 2.45) is 10.9 Å². The van der Waals surface area contributed by atoms with E-state index in [1.54, 1.807) is 7.11 Å². The Morgan fingerprint density at radius 2 is 1.91 bits per heavy atom. The smallest absolute Gasteiger partial charge is 0.191 e. The zero-order valence-electron chi connectivity index (χ0n) is 14.5. The SMILES string of the molecule is CCNC(=NCC(C)CO)NCC(C)Oc1ccccc1OC. The standard InChI is InChI=1S/C17H29N3O3/c1-5-18-17(19-10-13(2)12-21)20-11-14(3)23-16-9-7-6-8-15(16)22-4/h6-9,13-14,21H,5,10-12H2,1-4H3,(H2,18,19,20). The molecule has 6 heteroatoms. The Bertz CT molecular complexity index is 480. The van der Waals surface area contributed by atoms with E-state index >= 15 is 0 Å². The highest BCUT2D eigenvalue weighted by atomic mass is 16.5. The number of aliphatic hydroxyl groups is 1. The second-order valence-electron chi connectivity index (χ2n) is 5.47. The van der Waals surface area contributed by atoms with Crippen molar-refractivity contribution < 1.29 is 14.6 Å². The van der Waals surface area contributed by atoms with Gasteiger partial charge in [0, 0.05) is 19.7 Å². The van der Waals surface area contributed by atoms with Crippen LogP contribution in [0.3, 0.4) is 0 Å². The molecule has 2 unspecified atom stereocenters. The maximum Gasteiger partial charge on any atom is 0.191 e. The van der Waals surface area contributed by atoms with E-state index in [2.05, 4.69) is 15.6 Å². The molecule has 3 N–H and O–H groups in total. The molecule has 1 aromatic carbocycles. The fourth-order valence-corrected chi connectivity index (χ4v) is 1.86. The second kappa shape index (κ2) is 10.7. The molecule has 0 bridgehead atoms. The van der Waals surface area contributed by atoms with Gasteiger partial charge in [0.1, 0.15) is 6.10 Å². The van der Waals surface area contributed by atoms with Gasteiger partial charge in [-0.25, -0.2) is 0 Å². The molecule has 0 aliphatic heterocycles. The summed E-state index contributed by atoms with van der Waals surface area (Å²) < 4.78 is 11.2. The van der Waals surface area contributed by atoms with Gasteiger partial charge < -0.3 is 25.2 Å². The molecule has 0 spiro atoms. The van der Waals surface area contributed by atoms with Gasteiger partial charge in [0.05, 0.1) is 13.7 Å². The first kappa shape index (κ1) is 19.1. The molecule has 0 fully saturated rings. The molecular weight excluding hydrogens is 294 g/mol. The van der Waals surface area contributed by atoms with Crippen LogP contribution in [0.2, 0.25) is 0 Å². The summed E-state index contributed by atoms with van der Waals surface area (Å²) in [5, 5.41) is 15.5. The van der Waals surface area contributed by atoms with Crippen molar-refractivity contribution in [3.63, 3.8) is 0 Å². The molecule has 1 aromatic rings. The van der Waals surface area contributed by atoms with Crippen LogP contribution >= 0.6 is 0 Å². The Balaban J connectivity index is 2.53. The fraction of sp³-hybridized carbons (Fsp3) is 0.588. The number of methoxy groups -OCH3 is 1. The van der Waals surface area contributed by atoms with E-state index in [1.807, 2.05) is 45.0 Å². The molecule has 0 radical (unpaired) electrons. The van der Waals surface area contributed by atoms with Gasteiger partial charge >= 0.3 is 0 Å². The minimum atomic E-state index is -0.0505. The maximum atomic E-state index is 9.07. The van der Waals surface area contributed by atoms with Crippen LogP contribution in [-0.4, -0.2) is 50.5 Å². The molecule has 1 rings (SSSR count). The summed E-state index contributed by atoms with van der Waals surface area (Å²) in [6.45, 7) is 8.06. The highest BCUT2D eigenvalue weighted by Gasteiger charge is 2.09. The summed E-state index contributed by atoms with van der Waals surface area (Å²) in [5.74, 6) is 2.31. The molecule has 0 aliphatic carbocycles. The minimum absolute atomic E-state index is 0.0505. The topological polar surface area (TPSA) is 75.1 Å². The fourth-order valence-electron chi connectivity index (χ4n) is 1.86. The van der Waals surface area contributed by atoms with Crippen molar-refractivity contribution in [2.75, 3.05) is 33.4 Å². The lowest BCUT2D eigenvalue weighted by molar-refractivity contribution is 0.213. The number of hydrogen-bond donors (Lipinski definition) is 3. The van der Waals surface area contributed by atoms with Gasteiger partial charge in [0.25, 0.3) is 0 Å². The van der Waals surface area contributed by atoms with Crippen LogP contribution in [0.15, 0.2) is 29.3 Å². The normalized spacial score (nSPS) is 14.0. The monoisotopic (exact) mass is 323 g/mol. The lowest BCUT2D eigenvalue weighted by Gasteiger charge is -2.19. The zero-order valence-corrected chi connectivity index (χ0v) is 14.5. The van der Waals surface area contributed by atoms with E-state index in [0.717, 1.165) is 24.0 Å². The Morgan fingerprint density at radius 3 is 2.52 bits per heavy atom. The van der Waals surface area contributed by atoms with Gasteiger partial charge in [0.2, 0.25) is 0 Å². The van der Waals surface area contributed by atoms with Crippen LogP contribution in [0.1, 0.15) is 20.8 Å². The molecule has 0 amide bonds. The first-order chi connectivity index (χ1) is 11.1. The summed E-state index contributed by atoms with van der Waals surface area (Å²) in [4.78, 5) is 4.45. The third-order valence-corrected chi connectivity index (χ3v) is 3.17. The maximum absolute atomic E-state index is 9.07. The lowest BCUT2D eigenvalue weighted by Crippen LogP contribution is -2.42. The molecule has 0 aromatic heterocycles. The van der Waals surface area contributed by atoms with Gasteiger partial charge in [-0.05, 0) is 31.9 Å². The number of nitrogens with one attached hydrogen (secondary N) is 2. The van der Waals surface area contributed by atoms with E-state index in [0.29, 0.717) is 13.1 Å². The molecule has 23 heavy (non-hydrogen) atoms. The van der Waals surface area contributed by atoms with Crippen molar-refractivity contribution in [1.82, 2.24) is 10.6 Å². The Morgan fingerprint density at radius 1 is 1.22 bits per heavy atom. The molecule has 0 aliphatic rings. The van der Waals surface area contributed by atoms with Crippen LogP contribution in [0.25, 0.3) is 0 Å². The number of aliphatic hydroxyl groups excluding tert-OH is 1. The number of nitrogens with zero attached hydrogens (tertiary/aromatic N) is 1. The number of aliphatic imine (C=N–C) groups is 1. The number of ether oxygens (including phenoxy) is 2. The van der Waals surface area contributed by atoms with E-state index in [4.69, 9.17) is 14.6 Å². The summed E-state index contributed by atoms with van der Waals surface area (Å²) in [6.07, 6.45) is -0.0505. The van der Waals surface area contributed by atoms with E-state index in [-0.39, 0.29) is 18.6 Å². The van der Waals surface area contributed by atoms with Crippen molar-refractivity contribution in [1.29, 1.82) is 0 Å². The van der Waals surface area contributed by atoms with E-state index in [9.17, 15) is 0 Å². The summed E-state index contributed by atoms with van der Waals surface area (Å²) in [5.41, 5.74) is 0. The minimum Gasteiger partial charge on any atom is -0.493 e. The Labute approximate surface area is 138 Å². The zero-order chi connectivity index (χ0) is 17.1. The average Bonchev–Trinajstić information content (AvgIpc) is 2.57. The summed E-state index contributed by atoms with van der Waals surface area (Å²) >= 11 is 0. The van der Waals surface area contributed by atoms with Gasteiger partial charge in [-0.15, -0.1) is 0 Å². The van der Waals surface area contributed by atoms with Gasteiger partial charge in [-0.2, -0.15) is 0 Å². The van der Waals surface area contributed by atoms with Crippen LogP contribution in [0, 0.1) is 5.92 Å². The van der Waals surface area contributed by atoms with E-state index < -0.39 is 0 Å². The predicted octanol–water partition coefficient (Wildman–Crippen LogP) is 1.65. The number of benzene rings is 1. The first-order valence-corrected chi connectivity index (χ1v) is 8.03. The lowest BCUT2D eigenvalue weighted by atomic mass is 10.2. The van der Waals surface area contributed by atoms with Crippen LogP contribution in [0.4, 0.5) is 0 Å². The van der Waals surface area contributed by atoms with Crippen LogP contribution < -0.4 is 20.1 Å². The first-order valence-electron chi connectivity index (χ1n) is 8.03. The summed E-state index contributed by atoms with van der Waals surface area (Å²) in [7, 11) is 1.63. The molecule has 6 nitrogen and oxygen atoms in total. The third kappa shape index (κ3) is 7.23. The highest BCUT2D eigenvalue weighted by Crippen LogP contribution is 2.26.